The van der Waals surface area contributed by atoms with E-state index in [9.17, 15) is 0 Å². The van der Waals surface area contributed by atoms with E-state index in [2.05, 4.69) is 24.0 Å². The standard InChI is InChI=1S/C8H18N2OS/c1-4-7(11-8(9)12)5-6-10(2)3/h7H,4-6H2,1-3H3,(H2,9,12)/t7-/m0/s1. The molecule has 0 aliphatic carbocycles. The molecule has 0 saturated heterocycles. The van der Waals surface area contributed by atoms with Crippen LogP contribution in [0.2, 0.25) is 0 Å². The molecule has 0 aliphatic heterocycles. The van der Waals surface area contributed by atoms with Gasteiger partial charge in [-0.25, -0.2) is 0 Å². The Kier molecular flexibility index (Phi) is 6.02. The van der Waals surface area contributed by atoms with Crippen molar-refractivity contribution in [3.63, 3.8) is 0 Å². The maximum atomic E-state index is 5.27. The van der Waals surface area contributed by atoms with Gasteiger partial charge in [-0.05, 0) is 39.2 Å². The molecule has 0 aromatic rings. The van der Waals surface area contributed by atoms with Crippen LogP contribution < -0.4 is 5.73 Å². The van der Waals surface area contributed by atoms with Gasteiger partial charge >= 0.3 is 0 Å². The molecule has 0 aromatic carbocycles. The van der Waals surface area contributed by atoms with E-state index < -0.39 is 0 Å². The first kappa shape index (κ1) is 11.6. The van der Waals surface area contributed by atoms with Crippen LogP contribution in [0.5, 0.6) is 0 Å². The lowest BCUT2D eigenvalue weighted by Gasteiger charge is -2.18. The minimum atomic E-state index is 0.153. The van der Waals surface area contributed by atoms with Crippen LogP contribution in [-0.2, 0) is 4.74 Å². The van der Waals surface area contributed by atoms with Crippen molar-refractivity contribution in [2.24, 2.45) is 5.73 Å². The van der Waals surface area contributed by atoms with E-state index in [1.165, 1.54) is 0 Å². The van der Waals surface area contributed by atoms with Gasteiger partial charge in [-0.3, -0.25) is 0 Å². The van der Waals surface area contributed by atoms with E-state index in [-0.39, 0.29) is 11.3 Å². The Hall–Kier alpha value is -0.350. The van der Waals surface area contributed by atoms with E-state index in [0.29, 0.717) is 0 Å². The molecule has 0 heterocycles. The fourth-order valence-corrected chi connectivity index (χ4v) is 1.05. The molecule has 0 aliphatic rings. The molecule has 0 rings (SSSR count). The SMILES string of the molecule is CC[C@@H](CCN(C)C)OC(N)=S. The first-order chi connectivity index (χ1) is 5.56. The van der Waals surface area contributed by atoms with E-state index in [4.69, 9.17) is 10.5 Å². The highest BCUT2D eigenvalue weighted by molar-refractivity contribution is 7.80. The van der Waals surface area contributed by atoms with E-state index in [0.717, 1.165) is 19.4 Å². The van der Waals surface area contributed by atoms with Crippen LogP contribution in [0.1, 0.15) is 19.8 Å². The van der Waals surface area contributed by atoms with E-state index in [1.54, 1.807) is 0 Å². The van der Waals surface area contributed by atoms with Gasteiger partial charge in [0.1, 0.15) is 6.10 Å². The van der Waals surface area contributed by atoms with Gasteiger partial charge in [0.05, 0.1) is 0 Å². The van der Waals surface area contributed by atoms with Gasteiger partial charge in [0.2, 0.25) is 0 Å². The van der Waals surface area contributed by atoms with Gasteiger partial charge < -0.3 is 15.4 Å². The summed E-state index contributed by atoms with van der Waals surface area (Å²) < 4.78 is 5.23. The van der Waals surface area contributed by atoms with Gasteiger partial charge in [0.15, 0.2) is 0 Å². The minimum Gasteiger partial charge on any atom is -0.468 e. The highest BCUT2D eigenvalue weighted by Gasteiger charge is 2.07. The predicted molar refractivity (Wildman–Crippen MR) is 55.1 cm³/mol. The smallest absolute Gasteiger partial charge is 0.254 e. The van der Waals surface area contributed by atoms with Crippen molar-refractivity contribution in [3.8, 4) is 0 Å². The number of hydrogen-bond donors (Lipinski definition) is 1. The predicted octanol–water partition coefficient (Wildman–Crippen LogP) is 0.977. The monoisotopic (exact) mass is 190 g/mol. The average molecular weight is 190 g/mol. The molecule has 0 amide bonds. The fourth-order valence-electron chi connectivity index (χ4n) is 0.913. The van der Waals surface area contributed by atoms with Crippen LogP contribution in [-0.4, -0.2) is 36.8 Å². The molecule has 3 nitrogen and oxygen atoms in total. The van der Waals surface area contributed by atoms with Crippen LogP contribution in [0.25, 0.3) is 0 Å². The zero-order valence-electron chi connectivity index (χ0n) is 8.04. The number of rotatable bonds is 5. The molecular weight excluding hydrogens is 172 g/mol. The van der Waals surface area contributed by atoms with Crippen molar-refractivity contribution in [2.75, 3.05) is 20.6 Å². The third-order valence-electron chi connectivity index (χ3n) is 1.64. The third-order valence-corrected chi connectivity index (χ3v) is 1.73. The third kappa shape index (κ3) is 6.37. The van der Waals surface area contributed by atoms with Gasteiger partial charge in [0, 0.05) is 6.54 Å². The van der Waals surface area contributed by atoms with Crippen molar-refractivity contribution in [3.05, 3.63) is 0 Å². The lowest BCUT2D eigenvalue weighted by molar-refractivity contribution is 0.163. The zero-order chi connectivity index (χ0) is 9.56. The summed E-state index contributed by atoms with van der Waals surface area (Å²) in [6.07, 6.45) is 2.09. The van der Waals surface area contributed by atoms with Crippen LogP contribution in [0.3, 0.4) is 0 Å². The molecule has 12 heavy (non-hydrogen) atoms. The molecule has 0 saturated carbocycles. The molecule has 0 bridgehead atoms. The Morgan fingerprint density at radius 3 is 2.50 bits per heavy atom. The molecule has 72 valence electrons. The van der Waals surface area contributed by atoms with Crippen molar-refractivity contribution < 1.29 is 4.74 Å². The van der Waals surface area contributed by atoms with Crippen LogP contribution in [0.15, 0.2) is 0 Å². The summed E-state index contributed by atoms with van der Waals surface area (Å²) >= 11 is 4.66. The van der Waals surface area contributed by atoms with Gasteiger partial charge in [0.25, 0.3) is 5.17 Å². The Labute approximate surface area is 79.9 Å². The first-order valence-corrected chi connectivity index (χ1v) is 4.58. The summed E-state index contributed by atoms with van der Waals surface area (Å²) in [4.78, 5) is 2.12. The highest BCUT2D eigenvalue weighted by Crippen LogP contribution is 2.03. The van der Waals surface area contributed by atoms with Crippen LogP contribution >= 0.6 is 12.2 Å². The van der Waals surface area contributed by atoms with Crippen LogP contribution in [0.4, 0.5) is 0 Å². The van der Waals surface area contributed by atoms with Crippen molar-refractivity contribution >= 4 is 17.4 Å². The summed E-state index contributed by atoms with van der Waals surface area (Å²) in [6, 6.07) is 0. The molecular formula is C8H18N2OS. The average Bonchev–Trinajstić information content (AvgIpc) is 1.97. The van der Waals surface area contributed by atoms with Gasteiger partial charge in [-0.15, -0.1) is 0 Å². The molecule has 0 fully saturated rings. The second kappa shape index (κ2) is 6.20. The number of nitrogens with two attached hydrogens (primary N) is 1. The summed E-state index contributed by atoms with van der Waals surface area (Å²) in [7, 11) is 4.07. The first-order valence-electron chi connectivity index (χ1n) is 4.17. The summed E-state index contributed by atoms with van der Waals surface area (Å²) in [5.41, 5.74) is 5.27. The molecule has 0 spiro atoms. The quantitative estimate of drug-likeness (QED) is 0.656. The second-order valence-corrected chi connectivity index (χ2v) is 3.46. The summed E-state index contributed by atoms with van der Waals surface area (Å²) in [6.45, 7) is 3.07. The number of hydrogen-bond acceptors (Lipinski definition) is 3. The lowest BCUT2D eigenvalue weighted by atomic mass is 10.2. The Morgan fingerprint density at radius 1 is 1.58 bits per heavy atom. The van der Waals surface area contributed by atoms with Gasteiger partial charge in [-0.1, -0.05) is 6.92 Å². The summed E-state index contributed by atoms with van der Waals surface area (Å²) in [5, 5.41) is 0.153. The minimum absolute atomic E-state index is 0.153. The molecule has 4 heteroatoms. The van der Waals surface area contributed by atoms with Crippen LogP contribution in [0, 0.1) is 0 Å². The maximum Gasteiger partial charge on any atom is 0.254 e. The second-order valence-electron chi connectivity index (χ2n) is 3.06. The highest BCUT2D eigenvalue weighted by atomic mass is 32.1. The number of thiocarbonyl (C=S) groups is 1. The molecule has 0 radical (unpaired) electrons. The Balaban J connectivity index is 3.60. The largest absolute Gasteiger partial charge is 0.468 e. The maximum absolute atomic E-state index is 5.27. The van der Waals surface area contributed by atoms with Crippen molar-refractivity contribution in [1.82, 2.24) is 4.90 Å². The Morgan fingerprint density at radius 2 is 2.17 bits per heavy atom. The molecule has 0 aromatic heterocycles. The molecule has 2 N–H and O–H groups in total. The molecule has 0 unspecified atom stereocenters. The number of ether oxygens (including phenoxy) is 1. The topological polar surface area (TPSA) is 38.5 Å². The molecule has 1 atom stereocenters. The van der Waals surface area contributed by atoms with Crippen molar-refractivity contribution in [1.29, 1.82) is 0 Å². The van der Waals surface area contributed by atoms with Crippen molar-refractivity contribution in [2.45, 2.75) is 25.9 Å². The normalized spacial score (nSPS) is 13.0. The van der Waals surface area contributed by atoms with E-state index in [1.807, 2.05) is 14.1 Å². The number of nitrogens with zero attached hydrogens (tertiary/aromatic N) is 1. The zero-order valence-corrected chi connectivity index (χ0v) is 8.86. The fraction of sp³-hybridized carbons (Fsp3) is 0.875. The lowest BCUT2D eigenvalue weighted by Crippen LogP contribution is -2.26. The van der Waals surface area contributed by atoms with Gasteiger partial charge in [-0.2, -0.15) is 0 Å². The Bertz CT molecular complexity index is 139. The summed E-state index contributed by atoms with van der Waals surface area (Å²) in [5.74, 6) is 0. The van der Waals surface area contributed by atoms with E-state index >= 15 is 0 Å².